The van der Waals surface area contributed by atoms with Gasteiger partial charge in [-0.25, -0.2) is 0 Å². The average Bonchev–Trinajstić information content (AvgIpc) is 2.92. The molecule has 1 fully saturated rings. The highest BCUT2D eigenvalue weighted by molar-refractivity contribution is 5.79. The molecule has 0 amide bonds. The molecule has 8 nitrogen and oxygen atoms in total. The molecule has 0 saturated carbocycles. The number of nitrogens with one attached hydrogen (secondary N) is 2. The molecule has 1 unspecified atom stereocenters. The molecule has 2 N–H and O–H groups in total. The number of aliphatic imine (C=N–C) groups is 1. The zero-order valence-electron chi connectivity index (χ0n) is 14.6. The normalized spacial score (nSPS) is 20.0. The van der Waals surface area contributed by atoms with E-state index in [0.29, 0.717) is 12.5 Å². The van der Waals surface area contributed by atoms with Crippen molar-refractivity contribution >= 4 is 5.96 Å². The van der Waals surface area contributed by atoms with E-state index in [9.17, 15) is 0 Å². The van der Waals surface area contributed by atoms with E-state index in [1.807, 2.05) is 11.6 Å². The number of aromatic nitrogens is 3. The number of aryl methyl sites for hydroxylation is 1. The standard InChI is InChI=1S/C15H29N7O/c1-12(2)9-22-5-6-23-13(10-22)7-17-15(16-3)18-8-14-20-19-11-21(14)4/h11-13H,5-10H2,1-4H3,(H2,16,17,18). The second-order valence-corrected chi connectivity index (χ2v) is 6.31. The van der Waals surface area contributed by atoms with Crippen LogP contribution in [0.15, 0.2) is 11.3 Å². The molecule has 1 aromatic heterocycles. The lowest BCUT2D eigenvalue weighted by atomic mass is 10.2. The summed E-state index contributed by atoms with van der Waals surface area (Å²) in [6.45, 7) is 9.73. The third-order valence-corrected chi connectivity index (χ3v) is 3.79. The van der Waals surface area contributed by atoms with Crippen LogP contribution in [0.4, 0.5) is 0 Å². The van der Waals surface area contributed by atoms with E-state index in [4.69, 9.17) is 4.74 Å². The van der Waals surface area contributed by atoms with Crippen LogP contribution in [0.3, 0.4) is 0 Å². The van der Waals surface area contributed by atoms with Gasteiger partial charge < -0.3 is 19.9 Å². The predicted octanol–water partition coefficient (Wildman–Crippen LogP) is -0.163. The quantitative estimate of drug-likeness (QED) is 0.559. The third kappa shape index (κ3) is 5.80. The number of nitrogens with zero attached hydrogens (tertiary/aromatic N) is 5. The Morgan fingerprint density at radius 2 is 2.30 bits per heavy atom. The fraction of sp³-hybridized carbons (Fsp3) is 0.800. The van der Waals surface area contributed by atoms with Gasteiger partial charge in [0.15, 0.2) is 11.8 Å². The first kappa shape index (κ1) is 17.7. The third-order valence-electron chi connectivity index (χ3n) is 3.79. The van der Waals surface area contributed by atoms with Crippen LogP contribution in [-0.2, 0) is 18.3 Å². The van der Waals surface area contributed by atoms with Crippen LogP contribution in [0.5, 0.6) is 0 Å². The molecule has 2 rings (SSSR count). The van der Waals surface area contributed by atoms with Gasteiger partial charge in [0.2, 0.25) is 0 Å². The molecule has 1 aliphatic rings. The highest BCUT2D eigenvalue weighted by Gasteiger charge is 2.21. The summed E-state index contributed by atoms with van der Waals surface area (Å²) < 4.78 is 7.72. The summed E-state index contributed by atoms with van der Waals surface area (Å²) in [5, 5.41) is 14.5. The minimum absolute atomic E-state index is 0.191. The summed E-state index contributed by atoms with van der Waals surface area (Å²) in [6.07, 6.45) is 1.88. The molecule has 2 heterocycles. The van der Waals surface area contributed by atoms with E-state index in [-0.39, 0.29) is 6.10 Å². The molecule has 0 spiro atoms. The Hall–Kier alpha value is -1.67. The van der Waals surface area contributed by atoms with E-state index >= 15 is 0 Å². The zero-order valence-corrected chi connectivity index (χ0v) is 14.6. The van der Waals surface area contributed by atoms with Crippen molar-refractivity contribution in [2.24, 2.45) is 18.0 Å². The summed E-state index contributed by atoms with van der Waals surface area (Å²) >= 11 is 0. The molecular weight excluding hydrogens is 294 g/mol. The number of rotatable bonds is 6. The molecule has 1 aromatic rings. The predicted molar refractivity (Wildman–Crippen MR) is 90.2 cm³/mol. The number of hydrogen-bond acceptors (Lipinski definition) is 5. The van der Waals surface area contributed by atoms with Crippen molar-refractivity contribution in [2.45, 2.75) is 26.5 Å². The van der Waals surface area contributed by atoms with Crippen LogP contribution < -0.4 is 10.6 Å². The Kier molecular flexibility index (Phi) is 6.79. The van der Waals surface area contributed by atoms with Gasteiger partial charge in [0.05, 0.1) is 19.3 Å². The van der Waals surface area contributed by atoms with Crippen LogP contribution in [-0.4, -0.2) is 71.6 Å². The molecule has 1 atom stereocenters. The number of guanidine groups is 1. The first-order chi connectivity index (χ1) is 11.1. The van der Waals surface area contributed by atoms with Crippen LogP contribution in [0.2, 0.25) is 0 Å². The van der Waals surface area contributed by atoms with Crippen LogP contribution in [0, 0.1) is 5.92 Å². The summed E-state index contributed by atoms with van der Waals surface area (Å²) in [5.74, 6) is 2.30. The van der Waals surface area contributed by atoms with Gasteiger partial charge >= 0.3 is 0 Å². The minimum atomic E-state index is 0.191. The van der Waals surface area contributed by atoms with Crippen molar-refractivity contribution in [1.29, 1.82) is 0 Å². The van der Waals surface area contributed by atoms with E-state index in [1.165, 1.54) is 0 Å². The molecule has 8 heteroatoms. The number of hydrogen-bond donors (Lipinski definition) is 2. The lowest BCUT2D eigenvalue weighted by molar-refractivity contribution is -0.0284. The molecule has 0 radical (unpaired) electrons. The lowest BCUT2D eigenvalue weighted by Crippen LogP contribution is -2.50. The summed E-state index contributed by atoms with van der Waals surface area (Å²) in [5.41, 5.74) is 0. The van der Waals surface area contributed by atoms with Gasteiger partial charge in [-0.05, 0) is 5.92 Å². The molecule has 0 aromatic carbocycles. The van der Waals surface area contributed by atoms with Crippen LogP contribution in [0.25, 0.3) is 0 Å². The number of morpholine rings is 1. The Morgan fingerprint density at radius 1 is 1.48 bits per heavy atom. The highest BCUT2D eigenvalue weighted by atomic mass is 16.5. The van der Waals surface area contributed by atoms with Gasteiger partial charge in [0.25, 0.3) is 0 Å². The fourth-order valence-corrected chi connectivity index (χ4v) is 2.65. The van der Waals surface area contributed by atoms with Gasteiger partial charge in [0.1, 0.15) is 6.33 Å². The Morgan fingerprint density at radius 3 is 2.96 bits per heavy atom. The first-order valence-corrected chi connectivity index (χ1v) is 8.19. The van der Waals surface area contributed by atoms with Crippen LogP contribution in [0.1, 0.15) is 19.7 Å². The van der Waals surface area contributed by atoms with Gasteiger partial charge in [-0.3, -0.25) is 9.89 Å². The average molecular weight is 323 g/mol. The summed E-state index contributed by atoms with van der Waals surface area (Å²) in [4.78, 5) is 6.71. The molecule has 130 valence electrons. The highest BCUT2D eigenvalue weighted by Crippen LogP contribution is 2.07. The lowest BCUT2D eigenvalue weighted by Gasteiger charge is -2.34. The Balaban J connectivity index is 1.73. The van der Waals surface area contributed by atoms with Crippen molar-refractivity contribution in [2.75, 3.05) is 39.8 Å². The Labute approximate surface area is 138 Å². The topological polar surface area (TPSA) is 79.6 Å². The molecular formula is C15H29N7O. The van der Waals surface area contributed by atoms with Crippen molar-refractivity contribution in [1.82, 2.24) is 30.3 Å². The molecule has 0 aliphatic carbocycles. The number of ether oxygens (including phenoxy) is 1. The van der Waals surface area contributed by atoms with E-state index in [0.717, 1.165) is 44.6 Å². The van der Waals surface area contributed by atoms with Gasteiger partial charge in [-0.2, -0.15) is 0 Å². The molecule has 1 saturated heterocycles. The fourth-order valence-electron chi connectivity index (χ4n) is 2.65. The van der Waals surface area contributed by atoms with Gasteiger partial charge in [0, 0.05) is 40.3 Å². The molecule has 1 aliphatic heterocycles. The SMILES string of the molecule is CN=C(NCc1nncn1C)NCC1CN(CC(C)C)CCO1. The first-order valence-electron chi connectivity index (χ1n) is 8.19. The second kappa shape index (κ2) is 8.83. The monoisotopic (exact) mass is 323 g/mol. The van der Waals surface area contributed by atoms with Crippen molar-refractivity contribution in [3.05, 3.63) is 12.2 Å². The smallest absolute Gasteiger partial charge is 0.191 e. The largest absolute Gasteiger partial charge is 0.374 e. The maximum absolute atomic E-state index is 5.84. The Bertz CT molecular complexity index is 500. The van der Waals surface area contributed by atoms with E-state index < -0.39 is 0 Å². The van der Waals surface area contributed by atoms with Gasteiger partial charge in [-0.1, -0.05) is 13.8 Å². The zero-order chi connectivity index (χ0) is 16.7. The van der Waals surface area contributed by atoms with Crippen molar-refractivity contribution < 1.29 is 4.74 Å². The van der Waals surface area contributed by atoms with E-state index in [1.54, 1.807) is 13.4 Å². The van der Waals surface area contributed by atoms with Crippen molar-refractivity contribution in [3.8, 4) is 0 Å². The van der Waals surface area contributed by atoms with E-state index in [2.05, 4.69) is 44.6 Å². The molecule has 0 bridgehead atoms. The maximum Gasteiger partial charge on any atom is 0.191 e. The minimum Gasteiger partial charge on any atom is -0.374 e. The summed E-state index contributed by atoms with van der Waals surface area (Å²) in [6, 6.07) is 0. The van der Waals surface area contributed by atoms with Crippen molar-refractivity contribution in [3.63, 3.8) is 0 Å². The van der Waals surface area contributed by atoms with Gasteiger partial charge in [-0.15, -0.1) is 10.2 Å². The van der Waals surface area contributed by atoms with Crippen LogP contribution >= 0.6 is 0 Å². The molecule has 23 heavy (non-hydrogen) atoms. The maximum atomic E-state index is 5.84. The second-order valence-electron chi connectivity index (χ2n) is 6.31. The summed E-state index contributed by atoms with van der Waals surface area (Å²) in [7, 11) is 3.69.